The van der Waals surface area contributed by atoms with E-state index in [4.69, 9.17) is 5.11 Å². The fraction of sp³-hybridized carbons (Fsp3) is 0.0769. The van der Waals surface area contributed by atoms with Crippen LogP contribution in [0, 0.1) is 6.92 Å². The number of carboxylic acids is 1. The van der Waals surface area contributed by atoms with Gasteiger partial charge in [-0.25, -0.2) is 4.79 Å². The fourth-order valence-corrected chi connectivity index (χ4v) is 1.56. The first-order valence-electron chi connectivity index (χ1n) is 5.49. The second kappa shape index (κ2) is 5.26. The normalized spacial score (nSPS) is 9.95. The van der Waals surface area contributed by atoms with E-state index in [9.17, 15) is 9.59 Å². The van der Waals surface area contributed by atoms with Crippen LogP contribution in [-0.2, 0) is 0 Å². The first kappa shape index (κ1) is 12.7. The van der Waals surface area contributed by atoms with Crippen LogP contribution in [0.15, 0.2) is 36.8 Å². The Morgan fingerprint density at radius 3 is 2.74 bits per heavy atom. The molecule has 0 spiro atoms. The molecule has 0 aliphatic carbocycles. The third-order valence-corrected chi connectivity index (χ3v) is 2.46. The molecule has 0 aliphatic rings. The molecular weight excluding hydrogens is 246 g/mol. The Hall–Kier alpha value is -2.76. The Morgan fingerprint density at radius 2 is 2.05 bits per heavy atom. The van der Waals surface area contributed by atoms with E-state index in [1.54, 1.807) is 19.1 Å². The highest BCUT2D eigenvalue weighted by Gasteiger charge is 2.13. The van der Waals surface area contributed by atoms with E-state index < -0.39 is 11.9 Å². The van der Waals surface area contributed by atoms with Crippen molar-refractivity contribution in [2.24, 2.45) is 0 Å². The van der Waals surface area contributed by atoms with Gasteiger partial charge in [0.25, 0.3) is 5.91 Å². The Kier molecular flexibility index (Phi) is 3.51. The molecule has 96 valence electrons. The van der Waals surface area contributed by atoms with E-state index in [0.29, 0.717) is 11.3 Å². The lowest BCUT2D eigenvalue weighted by atomic mass is 10.2. The summed E-state index contributed by atoms with van der Waals surface area (Å²) in [5.74, 6) is -1.52. The molecule has 2 heterocycles. The van der Waals surface area contributed by atoms with E-state index in [-0.39, 0.29) is 11.3 Å². The maximum Gasteiger partial charge on any atom is 0.337 e. The summed E-state index contributed by atoms with van der Waals surface area (Å²) < 4.78 is 0. The zero-order valence-corrected chi connectivity index (χ0v) is 10.1. The number of rotatable bonds is 3. The molecule has 0 aliphatic heterocycles. The molecule has 6 nitrogen and oxygen atoms in total. The van der Waals surface area contributed by atoms with Gasteiger partial charge in [-0.2, -0.15) is 0 Å². The largest absolute Gasteiger partial charge is 0.478 e. The highest BCUT2D eigenvalue weighted by Crippen LogP contribution is 2.14. The van der Waals surface area contributed by atoms with Crippen molar-refractivity contribution < 1.29 is 14.7 Å². The zero-order valence-electron chi connectivity index (χ0n) is 10.1. The Bertz CT molecular complexity index is 641. The number of aromatic nitrogens is 2. The molecule has 2 N–H and O–H groups in total. The van der Waals surface area contributed by atoms with Crippen LogP contribution in [0.3, 0.4) is 0 Å². The van der Waals surface area contributed by atoms with E-state index in [1.807, 2.05) is 0 Å². The van der Waals surface area contributed by atoms with Crippen LogP contribution in [0.4, 0.5) is 5.69 Å². The van der Waals surface area contributed by atoms with Crippen molar-refractivity contribution in [1.29, 1.82) is 0 Å². The van der Waals surface area contributed by atoms with Crippen LogP contribution < -0.4 is 5.32 Å². The summed E-state index contributed by atoms with van der Waals surface area (Å²) in [6, 6.07) is 4.50. The summed E-state index contributed by atoms with van der Waals surface area (Å²) in [5, 5.41) is 11.5. The van der Waals surface area contributed by atoms with Gasteiger partial charge in [0.15, 0.2) is 0 Å². The van der Waals surface area contributed by atoms with Gasteiger partial charge in [-0.05, 0) is 25.1 Å². The average Bonchev–Trinajstić information content (AvgIpc) is 2.39. The molecule has 19 heavy (non-hydrogen) atoms. The summed E-state index contributed by atoms with van der Waals surface area (Å²) in [5.41, 5.74) is 1.27. The Balaban J connectivity index is 2.27. The highest BCUT2D eigenvalue weighted by atomic mass is 16.4. The second-order valence-electron chi connectivity index (χ2n) is 3.87. The molecular formula is C13H11N3O3. The summed E-state index contributed by atoms with van der Waals surface area (Å²) in [6.07, 6.45) is 4.18. The zero-order chi connectivity index (χ0) is 13.8. The van der Waals surface area contributed by atoms with Gasteiger partial charge in [0.1, 0.15) is 0 Å². The molecule has 0 unspecified atom stereocenters. The molecule has 0 bridgehead atoms. The van der Waals surface area contributed by atoms with Crippen molar-refractivity contribution in [2.75, 3.05) is 5.32 Å². The third-order valence-electron chi connectivity index (χ3n) is 2.46. The first-order valence-corrected chi connectivity index (χ1v) is 5.49. The van der Waals surface area contributed by atoms with Gasteiger partial charge in [0.05, 0.1) is 17.4 Å². The third kappa shape index (κ3) is 2.92. The monoisotopic (exact) mass is 257 g/mol. The number of aromatic carboxylic acids is 1. The molecule has 2 aromatic rings. The number of nitrogens with one attached hydrogen (secondary N) is 1. The average molecular weight is 257 g/mol. The lowest BCUT2D eigenvalue weighted by Crippen LogP contribution is -2.15. The SMILES string of the molecule is Cc1cc(C(=O)Nc2cnccc2C(=O)O)ccn1. The van der Waals surface area contributed by atoms with E-state index >= 15 is 0 Å². The minimum Gasteiger partial charge on any atom is -0.478 e. The number of carbonyl (C=O) groups excluding carboxylic acids is 1. The Morgan fingerprint density at radius 1 is 1.26 bits per heavy atom. The smallest absolute Gasteiger partial charge is 0.337 e. The van der Waals surface area contributed by atoms with Crippen LogP contribution >= 0.6 is 0 Å². The molecule has 0 saturated heterocycles. The van der Waals surface area contributed by atoms with Gasteiger partial charge < -0.3 is 10.4 Å². The van der Waals surface area contributed by atoms with Crippen LogP contribution in [-0.4, -0.2) is 27.0 Å². The van der Waals surface area contributed by atoms with Crippen molar-refractivity contribution in [1.82, 2.24) is 9.97 Å². The number of amides is 1. The quantitative estimate of drug-likeness (QED) is 0.873. The molecule has 0 radical (unpaired) electrons. The molecule has 0 saturated carbocycles. The number of nitrogens with zero attached hydrogens (tertiary/aromatic N) is 2. The van der Waals surface area contributed by atoms with Gasteiger partial charge in [-0.1, -0.05) is 0 Å². The molecule has 0 fully saturated rings. The van der Waals surface area contributed by atoms with Crippen molar-refractivity contribution in [3.05, 3.63) is 53.6 Å². The first-order chi connectivity index (χ1) is 9.08. The minimum atomic E-state index is -1.12. The molecule has 2 aromatic heterocycles. The van der Waals surface area contributed by atoms with Crippen LogP contribution in [0.2, 0.25) is 0 Å². The summed E-state index contributed by atoms with van der Waals surface area (Å²) in [4.78, 5) is 30.8. The lowest BCUT2D eigenvalue weighted by Gasteiger charge is -2.07. The number of anilines is 1. The van der Waals surface area contributed by atoms with Gasteiger partial charge in [0, 0.05) is 23.7 Å². The van der Waals surface area contributed by atoms with Gasteiger partial charge >= 0.3 is 5.97 Å². The predicted octanol–water partition coefficient (Wildman–Crippen LogP) is 1.74. The van der Waals surface area contributed by atoms with Crippen LogP contribution in [0.5, 0.6) is 0 Å². The molecule has 0 aromatic carbocycles. The summed E-state index contributed by atoms with van der Waals surface area (Å²) in [6.45, 7) is 1.77. The topological polar surface area (TPSA) is 92.2 Å². The maximum atomic E-state index is 12.0. The van der Waals surface area contributed by atoms with E-state index in [2.05, 4.69) is 15.3 Å². The van der Waals surface area contributed by atoms with Crippen LogP contribution in [0.25, 0.3) is 0 Å². The number of pyridine rings is 2. The van der Waals surface area contributed by atoms with Crippen molar-refractivity contribution in [3.63, 3.8) is 0 Å². The standard InChI is InChI=1S/C13H11N3O3/c1-8-6-9(2-5-15-8)12(17)16-11-7-14-4-3-10(11)13(18)19/h2-7H,1H3,(H,16,17)(H,18,19). The highest BCUT2D eigenvalue weighted by molar-refractivity contribution is 6.07. The van der Waals surface area contributed by atoms with Crippen molar-refractivity contribution in [3.8, 4) is 0 Å². The second-order valence-corrected chi connectivity index (χ2v) is 3.87. The van der Waals surface area contributed by atoms with Gasteiger partial charge in [-0.3, -0.25) is 14.8 Å². The van der Waals surface area contributed by atoms with Gasteiger partial charge in [0.2, 0.25) is 0 Å². The predicted molar refractivity (Wildman–Crippen MR) is 68.1 cm³/mol. The lowest BCUT2D eigenvalue weighted by molar-refractivity contribution is 0.0698. The van der Waals surface area contributed by atoms with Crippen molar-refractivity contribution >= 4 is 17.6 Å². The molecule has 6 heteroatoms. The van der Waals surface area contributed by atoms with E-state index in [1.165, 1.54) is 24.7 Å². The number of hydrogen-bond donors (Lipinski definition) is 2. The number of hydrogen-bond acceptors (Lipinski definition) is 4. The van der Waals surface area contributed by atoms with Gasteiger partial charge in [-0.15, -0.1) is 0 Å². The minimum absolute atomic E-state index is 0.00544. The maximum absolute atomic E-state index is 12.0. The Labute approximate surface area is 109 Å². The number of carboxylic acid groups (broad SMARTS) is 1. The molecule has 1 amide bonds. The van der Waals surface area contributed by atoms with E-state index in [0.717, 1.165) is 0 Å². The fourth-order valence-electron chi connectivity index (χ4n) is 1.56. The van der Waals surface area contributed by atoms with Crippen LogP contribution in [0.1, 0.15) is 26.4 Å². The van der Waals surface area contributed by atoms with Crippen molar-refractivity contribution in [2.45, 2.75) is 6.92 Å². The number of aryl methyl sites for hydroxylation is 1. The summed E-state index contributed by atoms with van der Waals surface area (Å²) in [7, 11) is 0. The summed E-state index contributed by atoms with van der Waals surface area (Å²) >= 11 is 0. The molecule has 0 atom stereocenters. The molecule has 2 rings (SSSR count). The number of carbonyl (C=O) groups is 2.